The zero-order chi connectivity index (χ0) is 22.9. The number of nitrogens with two attached hydrogens (primary N) is 1. The molecule has 162 valence electrons. The summed E-state index contributed by atoms with van der Waals surface area (Å²) in [5.74, 6) is 5.95. The number of hydrogen-bond donors (Lipinski definition) is 2. The Hall–Kier alpha value is -4.28. The van der Waals surface area contributed by atoms with E-state index < -0.39 is 6.10 Å². The van der Waals surface area contributed by atoms with E-state index in [0.717, 1.165) is 33.3 Å². The molecule has 0 fully saturated rings. The highest BCUT2D eigenvalue weighted by atomic mass is 16.3. The normalized spacial score (nSPS) is 12.0. The van der Waals surface area contributed by atoms with Gasteiger partial charge in [0, 0.05) is 16.5 Å². The van der Waals surface area contributed by atoms with Crippen molar-refractivity contribution in [1.29, 1.82) is 0 Å². The Balaban J connectivity index is 1.72. The van der Waals surface area contributed by atoms with Crippen molar-refractivity contribution < 1.29 is 5.11 Å². The second kappa shape index (κ2) is 8.34. The van der Waals surface area contributed by atoms with Gasteiger partial charge in [0.05, 0.1) is 23.1 Å². The van der Waals surface area contributed by atoms with Gasteiger partial charge in [-0.05, 0) is 37.5 Å². The van der Waals surface area contributed by atoms with E-state index >= 15 is 0 Å². The number of aromatic nitrogens is 5. The van der Waals surface area contributed by atoms with E-state index in [0.29, 0.717) is 29.1 Å². The van der Waals surface area contributed by atoms with Gasteiger partial charge in [-0.2, -0.15) is 5.10 Å². The first-order valence-electron chi connectivity index (χ1n) is 10.6. The van der Waals surface area contributed by atoms with E-state index in [1.54, 1.807) is 11.6 Å². The van der Waals surface area contributed by atoms with Gasteiger partial charge in [0.15, 0.2) is 5.65 Å². The highest BCUT2D eigenvalue weighted by Gasteiger charge is 2.18. The highest BCUT2D eigenvalue weighted by Crippen LogP contribution is 2.30. The van der Waals surface area contributed by atoms with Crippen LogP contribution in [-0.4, -0.2) is 35.9 Å². The molecular formula is C26H22N6O. The van der Waals surface area contributed by atoms with Crippen LogP contribution in [0, 0.1) is 18.8 Å². The summed E-state index contributed by atoms with van der Waals surface area (Å²) >= 11 is 0. The molecule has 0 aliphatic rings. The fourth-order valence-electron chi connectivity index (χ4n) is 3.91. The molecule has 2 aromatic carbocycles. The van der Waals surface area contributed by atoms with Gasteiger partial charge in [-0.15, -0.1) is 0 Å². The third-order valence-corrected chi connectivity index (χ3v) is 5.48. The molecule has 0 amide bonds. The molecule has 0 saturated heterocycles. The van der Waals surface area contributed by atoms with Crippen molar-refractivity contribution in [3.63, 3.8) is 0 Å². The number of pyridine rings is 1. The Morgan fingerprint density at radius 3 is 2.70 bits per heavy atom. The lowest BCUT2D eigenvalue weighted by molar-refractivity contribution is 0.253. The number of aliphatic hydroxyl groups is 1. The number of fused-ring (bicyclic) bond motifs is 2. The molecule has 3 N–H and O–H groups in total. The van der Waals surface area contributed by atoms with Gasteiger partial charge < -0.3 is 10.8 Å². The first-order chi connectivity index (χ1) is 16.0. The Morgan fingerprint density at radius 1 is 1.09 bits per heavy atom. The molecule has 0 bridgehead atoms. The number of anilines is 1. The molecule has 0 radical (unpaired) electrons. The molecular weight excluding hydrogens is 412 g/mol. The quantitative estimate of drug-likeness (QED) is 0.420. The van der Waals surface area contributed by atoms with Gasteiger partial charge in [0.25, 0.3) is 0 Å². The molecule has 0 saturated carbocycles. The van der Waals surface area contributed by atoms with Crippen LogP contribution in [0.3, 0.4) is 0 Å². The van der Waals surface area contributed by atoms with Crippen molar-refractivity contribution in [3.8, 4) is 23.1 Å². The fourth-order valence-corrected chi connectivity index (χ4v) is 3.91. The predicted octanol–water partition coefficient (Wildman–Crippen LogP) is 3.71. The highest BCUT2D eigenvalue weighted by molar-refractivity contribution is 5.90. The molecule has 1 atom stereocenters. The maximum absolute atomic E-state index is 9.61. The average molecular weight is 435 g/mol. The summed E-state index contributed by atoms with van der Waals surface area (Å²) in [6, 6.07) is 18.4. The topological polar surface area (TPSA) is 103 Å². The Bertz CT molecular complexity index is 1560. The number of aliphatic hydroxyl groups excluding tert-OH is 1. The third-order valence-electron chi connectivity index (χ3n) is 5.48. The monoisotopic (exact) mass is 434 g/mol. The third kappa shape index (κ3) is 3.88. The molecule has 3 heterocycles. The van der Waals surface area contributed by atoms with Crippen LogP contribution in [0.1, 0.15) is 23.7 Å². The molecule has 5 aromatic rings. The number of aryl methyl sites for hydroxylation is 1. The molecule has 5 rings (SSSR count). The average Bonchev–Trinajstić information content (AvgIpc) is 3.16. The van der Waals surface area contributed by atoms with Crippen LogP contribution in [0.25, 0.3) is 33.2 Å². The van der Waals surface area contributed by atoms with E-state index in [1.165, 1.54) is 6.33 Å². The van der Waals surface area contributed by atoms with E-state index in [-0.39, 0.29) is 0 Å². The zero-order valence-electron chi connectivity index (χ0n) is 18.3. The summed E-state index contributed by atoms with van der Waals surface area (Å²) in [5.41, 5.74) is 12.2. The first kappa shape index (κ1) is 20.6. The van der Waals surface area contributed by atoms with Crippen molar-refractivity contribution in [2.75, 3.05) is 5.73 Å². The predicted molar refractivity (Wildman–Crippen MR) is 129 cm³/mol. The van der Waals surface area contributed by atoms with Crippen LogP contribution in [0.5, 0.6) is 0 Å². The smallest absolute Gasteiger partial charge is 0.164 e. The van der Waals surface area contributed by atoms with Crippen molar-refractivity contribution in [3.05, 3.63) is 77.7 Å². The minimum atomic E-state index is -0.784. The zero-order valence-corrected chi connectivity index (χ0v) is 18.3. The summed E-state index contributed by atoms with van der Waals surface area (Å²) in [4.78, 5) is 13.5. The summed E-state index contributed by atoms with van der Waals surface area (Å²) in [6.07, 6.45) is 0.635. The number of nitrogen functional groups attached to an aromatic ring is 1. The molecule has 3 aromatic heterocycles. The number of benzene rings is 2. The summed E-state index contributed by atoms with van der Waals surface area (Å²) in [6.45, 7) is 4.10. The van der Waals surface area contributed by atoms with Gasteiger partial charge in [-0.3, -0.25) is 0 Å². The second-order valence-electron chi connectivity index (χ2n) is 7.91. The lowest BCUT2D eigenvalue weighted by Crippen LogP contribution is -2.06. The van der Waals surface area contributed by atoms with E-state index in [1.807, 2.05) is 36.4 Å². The standard InChI is InChI=1S/C26H22N6O/c1-16-7-3-5-9-20(16)24-19(13-18-8-4-6-10-21(18)30-24)14-32-26-23(25(27)28-15-29-26)22(31-32)12-11-17(2)33/h3-10,13,15,17,33H,14H2,1-2H3,(H2,27,28,29)/t17-/m1/s1. The molecule has 0 aliphatic heterocycles. The van der Waals surface area contributed by atoms with E-state index in [2.05, 4.69) is 52.0 Å². The maximum Gasteiger partial charge on any atom is 0.164 e. The minimum absolute atomic E-state index is 0.303. The second-order valence-corrected chi connectivity index (χ2v) is 7.91. The Kier molecular flexibility index (Phi) is 5.21. The summed E-state index contributed by atoms with van der Waals surface area (Å²) < 4.78 is 1.77. The molecule has 0 aliphatic carbocycles. The van der Waals surface area contributed by atoms with Gasteiger partial charge in [-0.1, -0.05) is 48.4 Å². The minimum Gasteiger partial charge on any atom is -0.383 e. The molecule has 7 nitrogen and oxygen atoms in total. The summed E-state index contributed by atoms with van der Waals surface area (Å²) in [5, 5.41) is 15.9. The lowest BCUT2D eigenvalue weighted by atomic mass is 9.99. The van der Waals surface area contributed by atoms with Crippen LogP contribution in [0.15, 0.2) is 60.9 Å². The van der Waals surface area contributed by atoms with Crippen LogP contribution >= 0.6 is 0 Å². The Morgan fingerprint density at radius 2 is 1.88 bits per heavy atom. The molecule has 0 spiro atoms. The number of rotatable bonds is 3. The molecule has 33 heavy (non-hydrogen) atoms. The van der Waals surface area contributed by atoms with Crippen molar-refractivity contribution in [2.45, 2.75) is 26.5 Å². The van der Waals surface area contributed by atoms with Crippen LogP contribution in [0.4, 0.5) is 5.82 Å². The van der Waals surface area contributed by atoms with Crippen molar-refractivity contribution in [1.82, 2.24) is 24.7 Å². The van der Waals surface area contributed by atoms with Crippen molar-refractivity contribution in [2.24, 2.45) is 0 Å². The first-order valence-corrected chi connectivity index (χ1v) is 10.6. The molecule has 7 heteroatoms. The van der Waals surface area contributed by atoms with Gasteiger partial charge >= 0.3 is 0 Å². The lowest BCUT2D eigenvalue weighted by Gasteiger charge is -2.13. The SMILES string of the molecule is Cc1ccccc1-c1nc2ccccc2cc1Cn1nc(C#C[C@@H](C)O)c2c(N)ncnc21. The number of hydrogen-bond acceptors (Lipinski definition) is 6. The maximum atomic E-state index is 9.61. The van der Waals surface area contributed by atoms with Gasteiger partial charge in [0.2, 0.25) is 0 Å². The molecule has 0 unspecified atom stereocenters. The number of para-hydroxylation sites is 1. The Labute approximate surface area is 190 Å². The summed E-state index contributed by atoms with van der Waals surface area (Å²) in [7, 11) is 0. The van der Waals surface area contributed by atoms with E-state index in [9.17, 15) is 5.11 Å². The van der Waals surface area contributed by atoms with Crippen LogP contribution in [-0.2, 0) is 6.54 Å². The number of nitrogens with zero attached hydrogens (tertiary/aromatic N) is 5. The van der Waals surface area contributed by atoms with Gasteiger partial charge in [-0.25, -0.2) is 19.6 Å². The van der Waals surface area contributed by atoms with E-state index in [4.69, 9.17) is 10.7 Å². The van der Waals surface area contributed by atoms with Crippen LogP contribution < -0.4 is 5.73 Å². The fraction of sp³-hybridized carbons (Fsp3) is 0.154. The van der Waals surface area contributed by atoms with Gasteiger partial charge in [0.1, 0.15) is 23.9 Å². The largest absolute Gasteiger partial charge is 0.383 e. The van der Waals surface area contributed by atoms with Crippen LogP contribution in [0.2, 0.25) is 0 Å². The van der Waals surface area contributed by atoms with Crippen molar-refractivity contribution >= 4 is 27.8 Å².